The molecule has 0 aliphatic carbocycles. The predicted molar refractivity (Wildman–Crippen MR) is 128 cm³/mol. The van der Waals surface area contributed by atoms with Crippen LogP contribution in [-0.2, 0) is 0 Å². The molecule has 0 atom stereocenters. The highest BCUT2D eigenvalue weighted by molar-refractivity contribution is 6.09. The third-order valence-corrected chi connectivity index (χ3v) is 4.54. The van der Waals surface area contributed by atoms with E-state index in [0.717, 1.165) is 0 Å². The predicted octanol–water partition coefficient (Wildman–Crippen LogP) is 4.40. The molecule has 0 fully saturated rings. The van der Waals surface area contributed by atoms with E-state index in [0.29, 0.717) is 16.9 Å². The molecule has 0 saturated carbocycles. The van der Waals surface area contributed by atoms with Crippen LogP contribution in [0.4, 0.5) is 16.2 Å². The lowest BCUT2D eigenvalue weighted by Gasteiger charge is -2.13. The van der Waals surface area contributed by atoms with Gasteiger partial charge in [-0.15, -0.1) is 0 Å². The number of anilines is 2. The van der Waals surface area contributed by atoms with Crippen LogP contribution in [0.5, 0.6) is 17.2 Å². The number of hydrogen-bond donors (Lipinski definition) is 4. The van der Waals surface area contributed by atoms with Gasteiger partial charge in [0.2, 0.25) is 5.75 Å². The third kappa shape index (κ3) is 6.26. The first kappa shape index (κ1) is 24.1. The number of benzene rings is 3. The molecule has 176 valence electrons. The molecule has 9 heteroatoms. The molecule has 0 unspecified atom stereocenters. The average Bonchev–Trinajstić information content (AvgIpc) is 2.82. The summed E-state index contributed by atoms with van der Waals surface area (Å²) in [6.45, 7) is 4.00. The molecule has 0 heterocycles. The van der Waals surface area contributed by atoms with Crippen LogP contribution in [0, 0.1) is 0 Å². The Bertz CT molecular complexity index is 1150. The van der Waals surface area contributed by atoms with Gasteiger partial charge in [0.05, 0.1) is 13.2 Å². The SMILES string of the molecule is CCOc1cc(C(=O)NC(=O)Nc2cccc(NC(=O)c3ccccc3)c2)cc(OCC)c1O. The molecule has 4 amide bonds. The van der Waals surface area contributed by atoms with Gasteiger partial charge >= 0.3 is 6.03 Å². The summed E-state index contributed by atoms with van der Waals surface area (Å²) in [4.78, 5) is 37.3. The highest BCUT2D eigenvalue weighted by atomic mass is 16.5. The zero-order valence-corrected chi connectivity index (χ0v) is 18.8. The standard InChI is InChI=1S/C25H25N3O6/c1-3-33-20-13-17(14-21(22(20)29)34-4-2)24(31)28-25(32)27-19-12-8-11-18(15-19)26-23(30)16-9-6-5-7-10-16/h5-15,29H,3-4H2,1-2H3,(H,26,30)(H2,27,28,31,32). The Morgan fingerprint density at radius 3 is 1.91 bits per heavy atom. The van der Waals surface area contributed by atoms with E-state index in [1.165, 1.54) is 12.1 Å². The topological polar surface area (TPSA) is 126 Å². The number of rotatable bonds is 8. The van der Waals surface area contributed by atoms with E-state index in [1.54, 1.807) is 62.4 Å². The van der Waals surface area contributed by atoms with Crippen LogP contribution in [-0.4, -0.2) is 36.2 Å². The molecule has 0 spiro atoms. The molecule has 0 radical (unpaired) electrons. The summed E-state index contributed by atoms with van der Waals surface area (Å²) in [7, 11) is 0. The van der Waals surface area contributed by atoms with Crippen LogP contribution < -0.4 is 25.4 Å². The Hall–Kier alpha value is -4.53. The molecule has 3 rings (SSSR count). The van der Waals surface area contributed by atoms with Crippen molar-refractivity contribution in [2.75, 3.05) is 23.8 Å². The summed E-state index contributed by atoms with van der Waals surface area (Å²) >= 11 is 0. The minimum absolute atomic E-state index is 0.0702. The molecule has 9 nitrogen and oxygen atoms in total. The Balaban J connectivity index is 1.67. The molecular formula is C25H25N3O6. The Morgan fingerprint density at radius 1 is 0.735 bits per heavy atom. The van der Waals surface area contributed by atoms with E-state index >= 15 is 0 Å². The summed E-state index contributed by atoms with van der Waals surface area (Å²) < 4.78 is 10.7. The van der Waals surface area contributed by atoms with Gasteiger partial charge in [-0.05, 0) is 56.3 Å². The molecule has 0 aliphatic heterocycles. The maximum absolute atomic E-state index is 12.6. The fourth-order valence-corrected chi connectivity index (χ4v) is 3.05. The molecule has 4 N–H and O–H groups in total. The van der Waals surface area contributed by atoms with Gasteiger partial charge in [-0.2, -0.15) is 0 Å². The van der Waals surface area contributed by atoms with Gasteiger partial charge < -0.3 is 25.2 Å². The molecule has 3 aromatic carbocycles. The smallest absolute Gasteiger partial charge is 0.326 e. The highest BCUT2D eigenvalue weighted by Crippen LogP contribution is 2.37. The average molecular weight is 463 g/mol. The molecule has 0 saturated heterocycles. The van der Waals surface area contributed by atoms with Crippen molar-refractivity contribution in [1.29, 1.82) is 0 Å². The van der Waals surface area contributed by atoms with E-state index in [9.17, 15) is 19.5 Å². The summed E-state index contributed by atoms with van der Waals surface area (Å²) in [6.07, 6.45) is 0. The lowest BCUT2D eigenvalue weighted by atomic mass is 10.1. The monoisotopic (exact) mass is 463 g/mol. The Labute approximate surface area is 196 Å². The van der Waals surface area contributed by atoms with Crippen molar-refractivity contribution in [3.63, 3.8) is 0 Å². The second-order valence-electron chi connectivity index (χ2n) is 7.00. The van der Waals surface area contributed by atoms with Gasteiger partial charge in [0, 0.05) is 22.5 Å². The first-order chi connectivity index (χ1) is 16.4. The first-order valence-corrected chi connectivity index (χ1v) is 10.6. The van der Waals surface area contributed by atoms with Crippen molar-refractivity contribution in [2.45, 2.75) is 13.8 Å². The molecule has 0 bridgehead atoms. The number of ether oxygens (including phenoxy) is 2. The fourth-order valence-electron chi connectivity index (χ4n) is 3.05. The number of imide groups is 1. The van der Waals surface area contributed by atoms with E-state index in [1.807, 2.05) is 6.07 Å². The fraction of sp³-hybridized carbons (Fsp3) is 0.160. The van der Waals surface area contributed by atoms with E-state index < -0.39 is 11.9 Å². The number of carbonyl (C=O) groups is 3. The van der Waals surface area contributed by atoms with Crippen LogP contribution in [0.1, 0.15) is 34.6 Å². The summed E-state index contributed by atoms with van der Waals surface area (Å²) in [5.41, 5.74) is 1.41. The van der Waals surface area contributed by atoms with E-state index in [4.69, 9.17) is 9.47 Å². The lowest BCUT2D eigenvalue weighted by Crippen LogP contribution is -2.34. The molecule has 34 heavy (non-hydrogen) atoms. The number of hydrogen-bond acceptors (Lipinski definition) is 6. The van der Waals surface area contributed by atoms with Crippen LogP contribution in [0.3, 0.4) is 0 Å². The summed E-state index contributed by atoms with van der Waals surface area (Å²) in [6, 6.07) is 17.1. The lowest BCUT2D eigenvalue weighted by molar-refractivity contribution is 0.0964. The number of nitrogens with one attached hydrogen (secondary N) is 3. The van der Waals surface area contributed by atoms with Gasteiger partial charge in [0.25, 0.3) is 11.8 Å². The number of phenolic OH excluding ortho intramolecular Hbond substituents is 1. The van der Waals surface area contributed by atoms with E-state index in [-0.39, 0.29) is 41.9 Å². The van der Waals surface area contributed by atoms with Gasteiger partial charge in [-0.25, -0.2) is 4.79 Å². The zero-order chi connectivity index (χ0) is 24.5. The van der Waals surface area contributed by atoms with Crippen LogP contribution in [0.2, 0.25) is 0 Å². The van der Waals surface area contributed by atoms with Crippen molar-refractivity contribution in [3.05, 3.63) is 77.9 Å². The van der Waals surface area contributed by atoms with E-state index in [2.05, 4.69) is 16.0 Å². The molecular weight excluding hydrogens is 438 g/mol. The van der Waals surface area contributed by atoms with Crippen molar-refractivity contribution in [2.24, 2.45) is 0 Å². The Morgan fingerprint density at radius 2 is 1.32 bits per heavy atom. The van der Waals surface area contributed by atoms with Crippen molar-refractivity contribution >= 4 is 29.2 Å². The number of carbonyl (C=O) groups excluding carboxylic acids is 3. The number of amides is 4. The quantitative estimate of drug-likeness (QED) is 0.392. The molecule has 3 aromatic rings. The Kier molecular flexibility index (Phi) is 8.07. The minimum atomic E-state index is -0.777. The number of urea groups is 1. The number of aromatic hydroxyl groups is 1. The van der Waals surface area contributed by atoms with Gasteiger partial charge in [0.1, 0.15) is 0 Å². The molecule has 0 aliphatic rings. The van der Waals surface area contributed by atoms with Crippen molar-refractivity contribution < 1.29 is 29.0 Å². The van der Waals surface area contributed by atoms with Gasteiger partial charge in [-0.3, -0.25) is 14.9 Å². The summed E-state index contributed by atoms with van der Waals surface area (Å²) in [5, 5.41) is 17.7. The highest BCUT2D eigenvalue weighted by Gasteiger charge is 2.18. The van der Waals surface area contributed by atoms with Gasteiger partial charge in [0.15, 0.2) is 11.5 Å². The maximum Gasteiger partial charge on any atom is 0.326 e. The summed E-state index contributed by atoms with van der Waals surface area (Å²) in [5.74, 6) is -1.09. The second-order valence-corrected chi connectivity index (χ2v) is 7.00. The largest absolute Gasteiger partial charge is 0.502 e. The number of phenols is 1. The van der Waals surface area contributed by atoms with Crippen molar-refractivity contribution in [3.8, 4) is 17.2 Å². The van der Waals surface area contributed by atoms with Crippen molar-refractivity contribution in [1.82, 2.24) is 5.32 Å². The normalized spacial score (nSPS) is 10.2. The minimum Gasteiger partial charge on any atom is -0.502 e. The van der Waals surface area contributed by atoms with Crippen LogP contribution >= 0.6 is 0 Å². The first-order valence-electron chi connectivity index (χ1n) is 10.6. The maximum atomic E-state index is 12.6. The third-order valence-electron chi connectivity index (χ3n) is 4.54. The van der Waals surface area contributed by atoms with Crippen LogP contribution in [0.15, 0.2) is 66.7 Å². The van der Waals surface area contributed by atoms with Crippen LogP contribution in [0.25, 0.3) is 0 Å². The second kappa shape index (κ2) is 11.4. The molecule has 0 aromatic heterocycles. The van der Waals surface area contributed by atoms with Gasteiger partial charge in [-0.1, -0.05) is 24.3 Å². The zero-order valence-electron chi connectivity index (χ0n) is 18.8.